The maximum atomic E-state index is 4.25. The third-order valence-corrected chi connectivity index (χ3v) is 4.16. The number of hydrogen-bond donors (Lipinski definition) is 1. The molecule has 0 radical (unpaired) electrons. The van der Waals surface area contributed by atoms with Gasteiger partial charge in [0, 0.05) is 37.7 Å². The van der Waals surface area contributed by atoms with Crippen molar-refractivity contribution < 1.29 is 0 Å². The Morgan fingerprint density at radius 3 is 2.52 bits per heavy atom. The summed E-state index contributed by atoms with van der Waals surface area (Å²) in [6, 6.07) is 8.59. The van der Waals surface area contributed by atoms with Gasteiger partial charge in [-0.2, -0.15) is 0 Å². The van der Waals surface area contributed by atoms with E-state index in [1.807, 2.05) is 0 Å². The number of nitrogens with one attached hydrogen (secondary N) is 1. The van der Waals surface area contributed by atoms with Crippen LogP contribution in [-0.4, -0.2) is 23.1 Å². The molecule has 0 unspecified atom stereocenters. The molecule has 0 saturated carbocycles. The molecule has 2 heterocycles. The number of benzene rings is 1. The van der Waals surface area contributed by atoms with Crippen LogP contribution < -0.4 is 10.2 Å². The van der Waals surface area contributed by atoms with Gasteiger partial charge in [0.25, 0.3) is 0 Å². The van der Waals surface area contributed by atoms with Crippen molar-refractivity contribution in [1.82, 2.24) is 9.97 Å². The summed E-state index contributed by atoms with van der Waals surface area (Å²) in [7, 11) is 0. The topological polar surface area (TPSA) is 41.1 Å². The molecule has 0 spiro atoms. The van der Waals surface area contributed by atoms with Gasteiger partial charge in [0.2, 0.25) is 5.95 Å². The van der Waals surface area contributed by atoms with Gasteiger partial charge < -0.3 is 10.2 Å². The number of piperidine rings is 1. The van der Waals surface area contributed by atoms with Gasteiger partial charge in [0.1, 0.15) is 0 Å². The molecule has 0 amide bonds. The average molecular weight is 347 g/mol. The second-order valence-electron chi connectivity index (χ2n) is 5.25. The molecule has 1 saturated heterocycles. The monoisotopic (exact) mass is 346 g/mol. The zero-order valence-electron chi connectivity index (χ0n) is 11.9. The van der Waals surface area contributed by atoms with Crippen molar-refractivity contribution in [3.8, 4) is 0 Å². The molecule has 1 aliphatic rings. The van der Waals surface area contributed by atoms with Crippen LogP contribution in [0.3, 0.4) is 0 Å². The SMILES string of the molecule is Brc1cnc(NCc2ccccc2N2CCCCC2)nc1. The Labute approximate surface area is 133 Å². The van der Waals surface area contributed by atoms with E-state index in [9.17, 15) is 0 Å². The number of halogens is 1. The van der Waals surface area contributed by atoms with Crippen molar-refractivity contribution in [2.75, 3.05) is 23.3 Å². The lowest BCUT2D eigenvalue weighted by atomic mass is 10.1. The van der Waals surface area contributed by atoms with Gasteiger partial charge in [-0.05, 0) is 46.8 Å². The number of aromatic nitrogens is 2. The highest BCUT2D eigenvalue weighted by atomic mass is 79.9. The Hall–Kier alpha value is -1.62. The second-order valence-corrected chi connectivity index (χ2v) is 6.17. The predicted octanol–water partition coefficient (Wildman–Crippen LogP) is 3.84. The molecule has 1 aromatic heterocycles. The fourth-order valence-electron chi connectivity index (χ4n) is 2.68. The van der Waals surface area contributed by atoms with E-state index >= 15 is 0 Å². The van der Waals surface area contributed by atoms with Gasteiger partial charge in [0.15, 0.2) is 0 Å². The van der Waals surface area contributed by atoms with Gasteiger partial charge >= 0.3 is 0 Å². The maximum absolute atomic E-state index is 4.25. The minimum absolute atomic E-state index is 0.659. The molecular formula is C16H19BrN4. The summed E-state index contributed by atoms with van der Waals surface area (Å²) in [6.45, 7) is 3.06. The van der Waals surface area contributed by atoms with Gasteiger partial charge in [-0.25, -0.2) is 9.97 Å². The summed E-state index contributed by atoms with van der Waals surface area (Å²) >= 11 is 3.35. The maximum Gasteiger partial charge on any atom is 0.222 e. The summed E-state index contributed by atoms with van der Waals surface area (Å²) < 4.78 is 0.891. The Balaban J connectivity index is 1.71. The molecule has 1 aromatic carbocycles. The largest absolute Gasteiger partial charge is 0.371 e. The Morgan fingerprint density at radius 2 is 1.76 bits per heavy atom. The third-order valence-electron chi connectivity index (χ3n) is 3.75. The van der Waals surface area contributed by atoms with Crippen LogP contribution in [0.25, 0.3) is 0 Å². The Kier molecular flexibility index (Phi) is 4.70. The van der Waals surface area contributed by atoms with Crippen molar-refractivity contribution in [3.05, 3.63) is 46.7 Å². The highest BCUT2D eigenvalue weighted by Crippen LogP contribution is 2.24. The summed E-state index contributed by atoms with van der Waals surface area (Å²) in [4.78, 5) is 11.0. The van der Waals surface area contributed by atoms with Crippen molar-refractivity contribution in [1.29, 1.82) is 0 Å². The van der Waals surface area contributed by atoms with Gasteiger partial charge in [-0.3, -0.25) is 0 Å². The van der Waals surface area contributed by atoms with E-state index in [4.69, 9.17) is 0 Å². The molecule has 1 aliphatic heterocycles. The fourth-order valence-corrected chi connectivity index (χ4v) is 2.89. The van der Waals surface area contributed by atoms with Crippen LogP contribution in [0.2, 0.25) is 0 Å². The first-order valence-electron chi connectivity index (χ1n) is 7.37. The summed E-state index contributed by atoms with van der Waals surface area (Å²) in [5, 5.41) is 3.30. The molecule has 2 aromatic rings. The number of anilines is 2. The molecule has 0 atom stereocenters. The normalized spacial score (nSPS) is 15.0. The molecule has 4 nitrogen and oxygen atoms in total. The first-order chi connectivity index (χ1) is 10.3. The number of rotatable bonds is 4. The van der Waals surface area contributed by atoms with E-state index in [2.05, 4.69) is 60.4 Å². The lowest BCUT2D eigenvalue weighted by Gasteiger charge is -2.30. The average Bonchev–Trinajstić information content (AvgIpc) is 2.55. The predicted molar refractivity (Wildman–Crippen MR) is 89.6 cm³/mol. The lowest BCUT2D eigenvalue weighted by Crippen LogP contribution is -2.30. The molecule has 110 valence electrons. The summed E-state index contributed by atoms with van der Waals surface area (Å²) in [5.74, 6) is 0.659. The van der Waals surface area contributed by atoms with Gasteiger partial charge in [-0.1, -0.05) is 18.2 Å². The van der Waals surface area contributed by atoms with Crippen LogP contribution in [-0.2, 0) is 6.54 Å². The van der Waals surface area contributed by atoms with Gasteiger partial charge in [-0.15, -0.1) is 0 Å². The molecule has 5 heteroatoms. The number of nitrogens with zero attached hydrogens (tertiary/aromatic N) is 3. The molecule has 1 N–H and O–H groups in total. The van der Waals surface area contributed by atoms with E-state index < -0.39 is 0 Å². The van der Waals surface area contributed by atoms with Crippen molar-refractivity contribution in [2.24, 2.45) is 0 Å². The fraction of sp³-hybridized carbons (Fsp3) is 0.375. The molecule has 0 bridgehead atoms. The van der Waals surface area contributed by atoms with Crippen LogP contribution in [0.4, 0.5) is 11.6 Å². The van der Waals surface area contributed by atoms with Gasteiger partial charge in [0.05, 0.1) is 4.47 Å². The zero-order valence-corrected chi connectivity index (χ0v) is 13.5. The Morgan fingerprint density at radius 1 is 1.05 bits per heavy atom. The quantitative estimate of drug-likeness (QED) is 0.912. The van der Waals surface area contributed by atoms with Crippen LogP contribution in [0.5, 0.6) is 0 Å². The van der Waals surface area contributed by atoms with E-state index in [-0.39, 0.29) is 0 Å². The van der Waals surface area contributed by atoms with Crippen molar-refractivity contribution >= 4 is 27.6 Å². The first-order valence-corrected chi connectivity index (χ1v) is 8.16. The molecule has 3 rings (SSSR count). The summed E-state index contributed by atoms with van der Waals surface area (Å²) in [5.41, 5.74) is 2.63. The Bertz CT molecular complexity index is 579. The summed E-state index contributed by atoms with van der Waals surface area (Å²) in [6.07, 6.45) is 7.44. The minimum Gasteiger partial charge on any atom is -0.371 e. The van der Waals surface area contributed by atoms with E-state index in [0.29, 0.717) is 5.95 Å². The van der Waals surface area contributed by atoms with Crippen molar-refractivity contribution in [3.63, 3.8) is 0 Å². The molecule has 0 aliphatic carbocycles. The van der Waals surface area contributed by atoms with Crippen LogP contribution in [0.15, 0.2) is 41.1 Å². The standard InChI is InChI=1S/C16H19BrN4/c17-14-11-19-16(20-12-14)18-10-13-6-2-3-7-15(13)21-8-4-1-5-9-21/h2-3,6-7,11-12H,1,4-5,8-10H2,(H,18,19,20). The third kappa shape index (κ3) is 3.73. The lowest BCUT2D eigenvalue weighted by molar-refractivity contribution is 0.576. The number of para-hydroxylation sites is 1. The van der Waals surface area contributed by atoms with E-state index in [1.165, 1.54) is 30.5 Å². The van der Waals surface area contributed by atoms with Crippen LogP contribution in [0, 0.1) is 0 Å². The van der Waals surface area contributed by atoms with E-state index in [0.717, 1.165) is 24.1 Å². The first kappa shape index (κ1) is 14.3. The van der Waals surface area contributed by atoms with Crippen LogP contribution >= 0.6 is 15.9 Å². The molecular weight excluding hydrogens is 328 g/mol. The number of hydrogen-bond acceptors (Lipinski definition) is 4. The highest BCUT2D eigenvalue weighted by molar-refractivity contribution is 9.10. The van der Waals surface area contributed by atoms with Crippen molar-refractivity contribution in [2.45, 2.75) is 25.8 Å². The molecule has 1 fully saturated rings. The smallest absolute Gasteiger partial charge is 0.222 e. The highest BCUT2D eigenvalue weighted by Gasteiger charge is 2.13. The minimum atomic E-state index is 0.659. The molecule has 21 heavy (non-hydrogen) atoms. The second kappa shape index (κ2) is 6.89. The zero-order chi connectivity index (χ0) is 14.5. The van der Waals surface area contributed by atoms with Crippen LogP contribution in [0.1, 0.15) is 24.8 Å². The van der Waals surface area contributed by atoms with E-state index in [1.54, 1.807) is 12.4 Å².